The minimum Gasteiger partial charge on any atom is -0.378 e. The molecule has 0 radical (unpaired) electrons. The Morgan fingerprint density at radius 3 is 2.63 bits per heavy atom. The maximum atomic E-state index is 5.77. The first-order valence-electron chi connectivity index (χ1n) is 7.45. The van der Waals surface area contributed by atoms with Gasteiger partial charge in [-0.25, -0.2) is 0 Å². The highest BCUT2D eigenvalue weighted by Crippen LogP contribution is 2.39. The smallest absolute Gasteiger partial charge is 0.0693 e. The Morgan fingerprint density at radius 1 is 1.37 bits per heavy atom. The standard InChI is InChI=1S/C16H26N2O/c1-3-9-18-15(12-14-5-10-17-11-6-14)13-16(19-2)7-4-8-16/h5-6,10-11,15,18H,3-4,7-9,12-13H2,1-2H3. The van der Waals surface area contributed by atoms with Crippen molar-refractivity contribution in [3.63, 3.8) is 0 Å². The van der Waals surface area contributed by atoms with Crippen LogP contribution in [0.5, 0.6) is 0 Å². The molecule has 1 fully saturated rings. The molecule has 0 amide bonds. The zero-order chi connectivity index (χ0) is 13.6. The predicted molar refractivity (Wildman–Crippen MR) is 78.2 cm³/mol. The van der Waals surface area contributed by atoms with Crippen molar-refractivity contribution in [3.8, 4) is 0 Å². The Labute approximate surface area is 116 Å². The van der Waals surface area contributed by atoms with Gasteiger partial charge in [-0.05, 0) is 62.8 Å². The maximum absolute atomic E-state index is 5.77. The fourth-order valence-electron chi connectivity index (χ4n) is 2.88. The Morgan fingerprint density at radius 2 is 2.11 bits per heavy atom. The molecule has 1 aliphatic carbocycles. The first kappa shape index (κ1) is 14.5. The van der Waals surface area contributed by atoms with E-state index in [9.17, 15) is 0 Å². The lowest BCUT2D eigenvalue weighted by Gasteiger charge is -2.43. The van der Waals surface area contributed by atoms with Crippen LogP contribution in [0.25, 0.3) is 0 Å². The second-order valence-corrected chi connectivity index (χ2v) is 5.66. The molecule has 19 heavy (non-hydrogen) atoms. The number of pyridine rings is 1. The van der Waals surface area contributed by atoms with Gasteiger partial charge in [0.15, 0.2) is 0 Å². The third-order valence-corrected chi connectivity index (χ3v) is 4.23. The molecule has 1 aromatic heterocycles. The van der Waals surface area contributed by atoms with Gasteiger partial charge in [0.25, 0.3) is 0 Å². The zero-order valence-corrected chi connectivity index (χ0v) is 12.2. The van der Waals surface area contributed by atoms with Gasteiger partial charge >= 0.3 is 0 Å². The maximum Gasteiger partial charge on any atom is 0.0693 e. The highest BCUT2D eigenvalue weighted by molar-refractivity contribution is 5.12. The number of methoxy groups -OCH3 is 1. The zero-order valence-electron chi connectivity index (χ0n) is 12.2. The molecule has 1 aromatic rings. The lowest BCUT2D eigenvalue weighted by atomic mass is 9.75. The van der Waals surface area contributed by atoms with E-state index < -0.39 is 0 Å². The van der Waals surface area contributed by atoms with Crippen LogP contribution >= 0.6 is 0 Å². The minimum absolute atomic E-state index is 0.137. The molecular weight excluding hydrogens is 236 g/mol. The van der Waals surface area contributed by atoms with Gasteiger partial charge in [-0.15, -0.1) is 0 Å². The fourth-order valence-corrected chi connectivity index (χ4v) is 2.88. The molecule has 1 aliphatic rings. The van der Waals surface area contributed by atoms with Crippen LogP contribution in [0.15, 0.2) is 24.5 Å². The number of rotatable bonds is 8. The summed E-state index contributed by atoms with van der Waals surface area (Å²) in [7, 11) is 1.86. The molecule has 2 rings (SSSR count). The summed E-state index contributed by atoms with van der Waals surface area (Å²) in [5.41, 5.74) is 1.49. The van der Waals surface area contributed by atoms with E-state index in [0.29, 0.717) is 6.04 Å². The first-order valence-corrected chi connectivity index (χ1v) is 7.45. The van der Waals surface area contributed by atoms with E-state index in [1.54, 1.807) is 0 Å². The SMILES string of the molecule is CCCNC(Cc1ccncc1)CC1(OC)CCC1. The fraction of sp³-hybridized carbons (Fsp3) is 0.688. The van der Waals surface area contributed by atoms with Gasteiger partial charge < -0.3 is 10.1 Å². The van der Waals surface area contributed by atoms with Crippen LogP contribution in [0.3, 0.4) is 0 Å². The Hall–Kier alpha value is -0.930. The van der Waals surface area contributed by atoms with Gasteiger partial charge in [0.2, 0.25) is 0 Å². The minimum atomic E-state index is 0.137. The Kier molecular flexibility index (Phi) is 5.34. The summed E-state index contributed by atoms with van der Waals surface area (Å²) in [6.45, 7) is 3.29. The number of hydrogen-bond acceptors (Lipinski definition) is 3. The largest absolute Gasteiger partial charge is 0.378 e. The van der Waals surface area contributed by atoms with Crippen LogP contribution in [0.1, 0.15) is 44.6 Å². The van der Waals surface area contributed by atoms with Crippen molar-refractivity contribution >= 4 is 0 Å². The van der Waals surface area contributed by atoms with Gasteiger partial charge in [0, 0.05) is 25.5 Å². The summed E-state index contributed by atoms with van der Waals surface area (Å²) in [5.74, 6) is 0. The van der Waals surface area contributed by atoms with Crippen LogP contribution in [-0.4, -0.2) is 30.3 Å². The van der Waals surface area contributed by atoms with E-state index in [1.165, 1.54) is 31.2 Å². The van der Waals surface area contributed by atoms with E-state index >= 15 is 0 Å². The molecule has 0 aromatic carbocycles. The molecule has 0 saturated heterocycles. The third-order valence-electron chi connectivity index (χ3n) is 4.23. The third kappa shape index (κ3) is 4.02. The highest BCUT2D eigenvalue weighted by Gasteiger charge is 2.38. The molecule has 1 N–H and O–H groups in total. The second-order valence-electron chi connectivity index (χ2n) is 5.66. The van der Waals surface area contributed by atoms with Crippen LogP contribution < -0.4 is 5.32 Å². The van der Waals surface area contributed by atoms with E-state index in [0.717, 1.165) is 19.4 Å². The summed E-state index contributed by atoms with van der Waals surface area (Å²) < 4.78 is 5.77. The molecule has 1 atom stereocenters. The summed E-state index contributed by atoms with van der Waals surface area (Å²) in [6, 6.07) is 4.73. The average Bonchev–Trinajstić information content (AvgIpc) is 2.41. The quantitative estimate of drug-likeness (QED) is 0.782. The molecule has 3 heteroatoms. The van der Waals surface area contributed by atoms with Crippen LogP contribution in [0, 0.1) is 0 Å². The highest BCUT2D eigenvalue weighted by atomic mass is 16.5. The van der Waals surface area contributed by atoms with Gasteiger partial charge in [-0.2, -0.15) is 0 Å². The van der Waals surface area contributed by atoms with E-state index in [-0.39, 0.29) is 5.60 Å². The summed E-state index contributed by atoms with van der Waals surface area (Å²) in [4.78, 5) is 4.09. The summed E-state index contributed by atoms with van der Waals surface area (Å²) >= 11 is 0. The number of ether oxygens (including phenoxy) is 1. The monoisotopic (exact) mass is 262 g/mol. The molecule has 1 saturated carbocycles. The normalized spacial score (nSPS) is 18.8. The molecule has 1 unspecified atom stereocenters. The number of nitrogens with one attached hydrogen (secondary N) is 1. The van der Waals surface area contributed by atoms with Gasteiger partial charge in [-0.3, -0.25) is 4.98 Å². The molecule has 0 aliphatic heterocycles. The molecular formula is C16H26N2O. The van der Waals surface area contributed by atoms with Gasteiger partial charge in [0.1, 0.15) is 0 Å². The molecule has 1 heterocycles. The lowest BCUT2D eigenvalue weighted by molar-refractivity contribution is -0.0834. The number of nitrogens with zero attached hydrogens (tertiary/aromatic N) is 1. The summed E-state index contributed by atoms with van der Waals surface area (Å²) in [6.07, 6.45) is 10.8. The van der Waals surface area contributed by atoms with Gasteiger partial charge in [-0.1, -0.05) is 6.92 Å². The van der Waals surface area contributed by atoms with Crippen molar-refractivity contribution in [1.29, 1.82) is 0 Å². The van der Waals surface area contributed by atoms with Crippen molar-refractivity contribution < 1.29 is 4.74 Å². The molecule has 3 nitrogen and oxygen atoms in total. The lowest BCUT2D eigenvalue weighted by Crippen LogP contribution is -2.46. The van der Waals surface area contributed by atoms with Crippen molar-refractivity contribution in [2.75, 3.05) is 13.7 Å². The van der Waals surface area contributed by atoms with Crippen LogP contribution in [0.2, 0.25) is 0 Å². The number of hydrogen-bond donors (Lipinski definition) is 1. The topological polar surface area (TPSA) is 34.2 Å². The van der Waals surface area contributed by atoms with Crippen molar-refractivity contribution in [3.05, 3.63) is 30.1 Å². The van der Waals surface area contributed by atoms with Crippen molar-refractivity contribution in [2.45, 2.75) is 57.1 Å². The van der Waals surface area contributed by atoms with Crippen LogP contribution in [-0.2, 0) is 11.2 Å². The van der Waals surface area contributed by atoms with Crippen molar-refractivity contribution in [1.82, 2.24) is 10.3 Å². The Bertz CT molecular complexity index is 357. The van der Waals surface area contributed by atoms with Crippen LogP contribution in [0.4, 0.5) is 0 Å². The van der Waals surface area contributed by atoms with E-state index in [1.807, 2.05) is 19.5 Å². The second kappa shape index (κ2) is 7.01. The predicted octanol–water partition coefficient (Wildman–Crippen LogP) is 2.95. The van der Waals surface area contributed by atoms with Crippen molar-refractivity contribution in [2.24, 2.45) is 0 Å². The van der Waals surface area contributed by atoms with Gasteiger partial charge in [0.05, 0.1) is 5.60 Å². The Balaban J connectivity index is 1.95. The molecule has 0 spiro atoms. The van der Waals surface area contributed by atoms with E-state index in [2.05, 4.69) is 29.4 Å². The number of aromatic nitrogens is 1. The molecule has 0 bridgehead atoms. The first-order chi connectivity index (χ1) is 9.28. The molecule has 106 valence electrons. The average molecular weight is 262 g/mol. The summed E-state index contributed by atoms with van der Waals surface area (Å²) in [5, 5.41) is 3.68. The van der Waals surface area contributed by atoms with E-state index in [4.69, 9.17) is 4.74 Å².